The topological polar surface area (TPSA) is 57.0 Å². The van der Waals surface area contributed by atoms with E-state index in [9.17, 15) is 0 Å². The van der Waals surface area contributed by atoms with Crippen LogP contribution < -0.4 is 5.73 Å². The Balaban J connectivity index is 2.12. The van der Waals surface area contributed by atoms with Gasteiger partial charge in [-0.2, -0.15) is 0 Å². The number of halogens is 1. The first kappa shape index (κ1) is 9.93. The van der Waals surface area contributed by atoms with Crippen molar-refractivity contribution < 1.29 is 4.42 Å². The highest BCUT2D eigenvalue weighted by atomic mass is 35.5. The van der Waals surface area contributed by atoms with Crippen molar-refractivity contribution in [2.24, 2.45) is 5.73 Å². The molecule has 2 N–H and O–H groups in total. The maximum absolute atomic E-state index is 6.12. The van der Waals surface area contributed by atoms with Gasteiger partial charge in [-0.05, 0) is 18.6 Å². The molecule has 3 rings (SSSR count). The highest BCUT2D eigenvalue weighted by Crippen LogP contribution is 2.29. The smallest absolute Gasteiger partial charge is 0.177 e. The number of fused-ring (bicyclic) bond motifs is 1. The lowest BCUT2D eigenvalue weighted by Crippen LogP contribution is -2.30. The van der Waals surface area contributed by atoms with Crippen LogP contribution in [0.1, 0.15) is 12.1 Å². The van der Waals surface area contributed by atoms with Crippen LogP contribution in [0.5, 0.6) is 0 Å². The number of rotatable bonds is 1. The van der Waals surface area contributed by atoms with Crippen LogP contribution in [0, 0.1) is 0 Å². The minimum Gasteiger partial charge on any atom is -0.461 e. The SMILES string of the molecule is NC1CCn2c(-c3ccco3)nc(Cl)c2C1. The zero-order valence-corrected chi connectivity index (χ0v) is 9.44. The van der Waals surface area contributed by atoms with Crippen LogP contribution in [-0.2, 0) is 13.0 Å². The van der Waals surface area contributed by atoms with Gasteiger partial charge in [0.1, 0.15) is 0 Å². The second-order valence-corrected chi connectivity index (χ2v) is 4.41. The van der Waals surface area contributed by atoms with Gasteiger partial charge in [-0.25, -0.2) is 4.98 Å². The zero-order chi connectivity index (χ0) is 11.1. The molecule has 0 aliphatic carbocycles. The van der Waals surface area contributed by atoms with Gasteiger partial charge in [0.2, 0.25) is 0 Å². The van der Waals surface area contributed by atoms with E-state index in [4.69, 9.17) is 21.8 Å². The maximum atomic E-state index is 6.12. The monoisotopic (exact) mass is 237 g/mol. The van der Waals surface area contributed by atoms with Gasteiger partial charge in [0.15, 0.2) is 16.7 Å². The molecular formula is C11H12ClN3O. The summed E-state index contributed by atoms with van der Waals surface area (Å²) in [5.41, 5.74) is 6.94. The fourth-order valence-electron chi connectivity index (χ4n) is 2.13. The summed E-state index contributed by atoms with van der Waals surface area (Å²) in [7, 11) is 0. The van der Waals surface area contributed by atoms with E-state index >= 15 is 0 Å². The Hall–Kier alpha value is -1.26. The van der Waals surface area contributed by atoms with Crippen LogP contribution in [0.3, 0.4) is 0 Å². The Kier molecular flexibility index (Phi) is 2.26. The predicted octanol–water partition coefficient (Wildman–Crippen LogP) is 2.07. The van der Waals surface area contributed by atoms with E-state index in [1.54, 1.807) is 6.26 Å². The molecule has 0 saturated heterocycles. The molecule has 1 aliphatic heterocycles. The Morgan fingerprint density at radius 3 is 3.19 bits per heavy atom. The number of hydrogen-bond donors (Lipinski definition) is 1. The fourth-order valence-corrected chi connectivity index (χ4v) is 2.39. The van der Waals surface area contributed by atoms with E-state index in [1.165, 1.54) is 0 Å². The molecule has 0 amide bonds. The summed E-state index contributed by atoms with van der Waals surface area (Å²) in [6.07, 6.45) is 3.37. The summed E-state index contributed by atoms with van der Waals surface area (Å²) < 4.78 is 7.45. The molecule has 2 aromatic heterocycles. The molecule has 1 atom stereocenters. The summed E-state index contributed by atoms with van der Waals surface area (Å²) in [6, 6.07) is 3.92. The first-order valence-corrected chi connectivity index (χ1v) is 5.68. The molecule has 16 heavy (non-hydrogen) atoms. The van der Waals surface area contributed by atoms with E-state index in [-0.39, 0.29) is 6.04 Å². The molecule has 5 heteroatoms. The van der Waals surface area contributed by atoms with Crippen molar-refractivity contribution in [3.05, 3.63) is 29.2 Å². The van der Waals surface area contributed by atoms with Crippen LogP contribution in [0.25, 0.3) is 11.6 Å². The number of furan rings is 1. The second-order valence-electron chi connectivity index (χ2n) is 4.05. The third kappa shape index (κ3) is 1.45. The lowest BCUT2D eigenvalue weighted by Gasteiger charge is -2.21. The van der Waals surface area contributed by atoms with Crippen LogP contribution in [0.15, 0.2) is 22.8 Å². The Morgan fingerprint density at radius 2 is 2.44 bits per heavy atom. The molecule has 1 unspecified atom stereocenters. The number of aromatic nitrogens is 2. The van der Waals surface area contributed by atoms with E-state index in [0.29, 0.717) is 5.15 Å². The van der Waals surface area contributed by atoms with Gasteiger partial charge in [-0.15, -0.1) is 0 Å². The van der Waals surface area contributed by atoms with Gasteiger partial charge in [-0.1, -0.05) is 11.6 Å². The maximum Gasteiger partial charge on any atom is 0.177 e. The van der Waals surface area contributed by atoms with E-state index < -0.39 is 0 Å². The zero-order valence-electron chi connectivity index (χ0n) is 8.69. The minimum absolute atomic E-state index is 0.186. The van der Waals surface area contributed by atoms with Crippen molar-refractivity contribution in [1.29, 1.82) is 0 Å². The average molecular weight is 238 g/mol. The standard InChI is InChI=1S/C11H12ClN3O/c12-10-8-6-7(13)3-4-15(8)11(14-10)9-2-1-5-16-9/h1-2,5,7H,3-4,6,13H2. The number of hydrogen-bond acceptors (Lipinski definition) is 3. The van der Waals surface area contributed by atoms with E-state index in [2.05, 4.69) is 9.55 Å². The Labute approximate surface area is 98.0 Å². The summed E-state index contributed by atoms with van der Waals surface area (Å²) in [4.78, 5) is 4.35. The second kappa shape index (κ2) is 3.64. The number of imidazole rings is 1. The third-order valence-corrected chi connectivity index (χ3v) is 3.25. The van der Waals surface area contributed by atoms with Crippen LogP contribution in [-0.4, -0.2) is 15.6 Å². The molecule has 84 valence electrons. The van der Waals surface area contributed by atoms with Crippen molar-refractivity contribution in [3.63, 3.8) is 0 Å². The van der Waals surface area contributed by atoms with Gasteiger partial charge >= 0.3 is 0 Å². The summed E-state index contributed by atoms with van der Waals surface area (Å²) >= 11 is 6.12. The molecule has 2 aromatic rings. The van der Waals surface area contributed by atoms with Crippen molar-refractivity contribution in [1.82, 2.24) is 9.55 Å². The first-order chi connectivity index (χ1) is 7.75. The van der Waals surface area contributed by atoms with Crippen molar-refractivity contribution >= 4 is 11.6 Å². The molecule has 0 aromatic carbocycles. The van der Waals surface area contributed by atoms with Crippen LogP contribution in [0.2, 0.25) is 5.15 Å². The summed E-state index contributed by atoms with van der Waals surface area (Å²) in [5.74, 6) is 1.56. The molecule has 4 nitrogen and oxygen atoms in total. The molecule has 0 saturated carbocycles. The fraction of sp³-hybridized carbons (Fsp3) is 0.364. The molecule has 0 radical (unpaired) electrons. The summed E-state index contributed by atoms with van der Waals surface area (Å²) in [6.45, 7) is 0.853. The van der Waals surface area contributed by atoms with Gasteiger partial charge in [0.05, 0.1) is 12.0 Å². The Bertz CT molecular complexity index is 504. The molecular weight excluding hydrogens is 226 g/mol. The summed E-state index contributed by atoms with van der Waals surface area (Å²) in [5, 5.41) is 0.543. The van der Waals surface area contributed by atoms with Crippen LogP contribution >= 0.6 is 11.6 Å². The Morgan fingerprint density at radius 1 is 1.56 bits per heavy atom. The molecule has 0 fully saturated rings. The van der Waals surface area contributed by atoms with Gasteiger partial charge in [0, 0.05) is 19.0 Å². The van der Waals surface area contributed by atoms with Gasteiger partial charge < -0.3 is 14.7 Å². The van der Waals surface area contributed by atoms with Crippen molar-refractivity contribution in [3.8, 4) is 11.6 Å². The first-order valence-electron chi connectivity index (χ1n) is 5.30. The number of nitrogens with two attached hydrogens (primary N) is 1. The lowest BCUT2D eigenvalue weighted by atomic mass is 10.1. The molecule has 1 aliphatic rings. The lowest BCUT2D eigenvalue weighted by molar-refractivity contribution is 0.469. The minimum atomic E-state index is 0.186. The molecule has 3 heterocycles. The highest BCUT2D eigenvalue weighted by Gasteiger charge is 2.24. The van der Waals surface area contributed by atoms with Crippen LogP contribution in [0.4, 0.5) is 0 Å². The highest BCUT2D eigenvalue weighted by molar-refractivity contribution is 6.30. The van der Waals surface area contributed by atoms with Crippen molar-refractivity contribution in [2.45, 2.75) is 25.4 Å². The third-order valence-electron chi connectivity index (χ3n) is 2.94. The predicted molar refractivity (Wildman–Crippen MR) is 61.2 cm³/mol. The van der Waals surface area contributed by atoms with Gasteiger partial charge in [-0.3, -0.25) is 0 Å². The van der Waals surface area contributed by atoms with E-state index in [0.717, 1.165) is 36.7 Å². The van der Waals surface area contributed by atoms with Gasteiger partial charge in [0.25, 0.3) is 0 Å². The van der Waals surface area contributed by atoms with Crippen molar-refractivity contribution in [2.75, 3.05) is 0 Å². The normalized spacial score (nSPS) is 19.8. The molecule has 0 spiro atoms. The largest absolute Gasteiger partial charge is 0.461 e. The number of nitrogens with zero attached hydrogens (tertiary/aromatic N) is 2. The van der Waals surface area contributed by atoms with E-state index in [1.807, 2.05) is 12.1 Å². The quantitative estimate of drug-likeness (QED) is 0.826. The average Bonchev–Trinajstić information content (AvgIpc) is 2.87. The molecule has 0 bridgehead atoms.